The van der Waals surface area contributed by atoms with Gasteiger partial charge in [-0.25, -0.2) is 0 Å². The van der Waals surface area contributed by atoms with Crippen LogP contribution in [0, 0.1) is 25.2 Å². The average Bonchev–Trinajstić information content (AvgIpc) is 2.39. The van der Waals surface area contributed by atoms with Crippen LogP contribution < -0.4 is 14.8 Å². The van der Waals surface area contributed by atoms with E-state index in [-0.39, 0.29) is 6.04 Å². The van der Waals surface area contributed by atoms with Crippen molar-refractivity contribution in [3.8, 4) is 17.6 Å². The van der Waals surface area contributed by atoms with Crippen molar-refractivity contribution < 1.29 is 9.47 Å². The number of hydrogen-bond donors (Lipinski definition) is 1. The number of nitrogens with one attached hydrogen (secondary N) is 1. The lowest BCUT2D eigenvalue weighted by atomic mass is 10.0. The third-order valence-electron chi connectivity index (χ3n) is 3.09. The molecule has 1 N–H and O–H groups in total. The molecule has 1 aromatic rings. The van der Waals surface area contributed by atoms with E-state index in [2.05, 4.69) is 11.4 Å². The highest BCUT2D eigenvalue weighted by Gasteiger charge is 2.14. The SMILES string of the molecule is COc1cc(CNC(C)C#N)c(OC)c(C)c1C. The molecule has 0 aliphatic rings. The molecule has 1 atom stereocenters. The van der Waals surface area contributed by atoms with Crippen molar-refractivity contribution in [3.05, 3.63) is 22.8 Å². The minimum absolute atomic E-state index is 0.192. The van der Waals surface area contributed by atoms with E-state index in [1.165, 1.54) is 0 Å². The first-order valence-corrected chi connectivity index (χ1v) is 5.89. The second-order valence-corrected chi connectivity index (χ2v) is 4.25. The van der Waals surface area contributed by atoms with Crippen molar-refractivity contribution in [2.24, 2.45) is 0 Å². The number of ether oxygens (including phenoxy) is 2. The topological polar surface area (TPSA) is 54.3 Å². The van der Waals surface area contributed by atoms with Crippen molar-refractivity contribution >= 4 is 0 Å². The maximum Gasteiger partial charge on any atom is 0.126 e. The number of methoxy groups -OCH3 is 2. The van der Waals surface area contributed by atoms with Crippen LogP contribution in [0.1, 0.15) is 23.6 Å². The molecule has 0 aliphatic heterocycles. The van der Waals surface area contributed by atoms with Crippen LogP contribution in [-0.2, 0) is 6.54 Å². The van der Waals surface area contributed by atoms with Gasteiger partial charge in [-0.05, 0) is 38.0 Å². The van der Waals surface area contributed by atoms with Gasteiger partial charge in [0.25, 0.3) is 0 Å². The summed E-state index contributed by atoms with van der Waals surface area (Å²) in [4.78, 5) is 0. The summed E-state index contributed by atoms with van der Waals surface area (Å²) in [6.07, 6.45) is 0. The Morgan fingerprint density at radius 1 is 1.28 bits per heavy atom. The molecule has 1 aromatic carbocycles. The fourth-order valence-corrected chi connectivity index (χ4v) is 1.86. The molecule has 0 aromatic heterocycles. The summed E-state index contributed by atoms with van der Waals surface area (Å²) in [6, 6.07) is 3.91. The Hall–Kier alpha value is -1.73. The smallest absolute Gasteiger partial charge is 0.126 e. The Morgan fingerprint density at radius 3 is 2.44 bits per heavy atom. The Bertz CT molecular complexity index is 464. The molecule has 0 radical (unpaired) electrons. The van der Waals surface area contributed by atoms with Crippen molar-refractivity contribution in [2.75, 3.05) is 14.2 Å². The molecular formula is C14H20N2O2. The summed E-state index contributed by atoms with van der Waals surface area (Å²) in [5, 5.41) is 11.9. The molecule has 0 saturated heterocycles. The fraction of sp³-hybridized carbons (Fsp3) is 0.500. The summed E-state index contributed by atoms with van der Waals surface area (Å²) in [5.41, 5.74) is 3.14. The standard InChI is InChI=1S/C14H20N2O2/c1-9(7-15)16-8-12-6-13(17-4)10(2)11(3)14(12)18-5/h6,9,16H,8H2,1-5H3. The van der Waals surface area contributed by atoms with Crippen molar-refractivity contribution in [2.45, 2.75) is 33.4 Å². The molecule has 4 heteroatoms. The Morgan fingerprint density at radius 2 is 1.94 bits per heavy atom. The zero-order valence-corrected chi connectivity index (χ0v) is 11.6. The van der Waals surface area contributed by atoms with Gasteiger partial charge in [-0.2, -0.15) is 5.26 Å². The first-order valence-electron chi connectivity index (χ1n) is 5.89. The average molecular weight is 248 g/mol. The zero-order chi connectivity index (χ0) is 13.7. The highest BCUT2D eigenvalue weighted by Crippen LogP contribution is 2.33. The summed E-state index contributed by atoms with van der Waals surface area (Å²) in [7, 11) is 3.31. The van der Waals surface area contributed by atoms with E-state index in [9.17, 15) is 0 Å². The minimum Gasteiger partial charge on any atom is -0.496 e. The van der Waals surface area contributed by atoms with Crippen LogP contribution in [0.25, 0.3) is 0 Å². The van der Waals surface area contributed by atoms with Crippen LogP contribution in [0.5, 0.6) is 11.5 Å². The molecule has 0 bridgehead atoms. The summed E-state index contributed by atoms with van der Waals surface area (Å²) >= 11 is 0. The van der Waals surface area contributed by atoms with Gasteiger partial charge in [0.05, 0.1) is 26.3 Å². The van der Waals surface area contributed by atoms with Crippen LogP contribution in [0.4, 0.5) is 0 Å². The van der Waals surface area contributed by atoms with Crippen molar-refractivity contribution in [1.29, 1.82) is 5.26 Å². The maximum atomic E-state index is 8.77. The van der Waals surface area contributed by atoms with Crippen LogP contribution in [0.15, 0.2) is 6.07 Å². The normalized spacial score (nSPS) is 11.8. The minimum atomic E-state index is -0.192. The van der Waals surface area contributed by atoms with Gasteiger partial charge in [0, 0.05) is 12.1 Å². The second-order valence-electron chi connectivity index (χ2n) is 4.25. The highest BCUT2D eigenvalue weighted by molar-refractivity contribution is 5.52. The third-order valence-corrected chi connectivity index (χ3v) is 3.09. The molecule has 0 fully saturated rings. The monoisotopic (exact) mass is 248 g/mol. The van der Waals surface area contributed by atoms with Gasteiger partial charge in [-0.15, -0.1) is 0 Å². The maximum absolute atomic E-state index is 8.77. The Labute approximate surface area is 109 Å². The first-order chi connectivity index (χ1) is 8.54. The predicted octanol–water partition coefficient (Wildman–Crippen LogP) is 2.32. The van der Waals surface area contributed by atoms with Crippen LogP contribution in [0.3, 0.4) is 0 Å². The zero-order valence-electron chi connectivity index (χ0n) is 11.6. The lowest BCUT2D eigenvalue weighted by molar-refractivity contribution is 0.391. The number of rotatable bonds is 5. The Balaban J connectivity index is 3.10. The molecule has 1 rings (SSSR count). The molecule has 18 heavy (non-hydrogen) atoms. The highest BCUT2D eigenvalue weighted by atomic mass is 16.5. The third kappa shape index (κ3) is 2.93. The van der Waals surface area contributed by atoms with E-state index in [1.807, 2.05) is 26.8 Å². The van der Waals surface area contributed by atoms with Gasteiger partial charge in [0.2, 0.25) is 0 Å². The van der Waals surface area contributed by atoms with E-state index in [0.29, 0.717) is 6.54 Å². The van der Waals surface area contributed by atoms with Gasteiger partial charge < -0.3 is 9.47 Å². The number of benzene rings is 1. The van der Waals surface area contributed by atoms with E-state index in [0.717, 1.165) is 28.2 Å². The van der Waals surface area contributed by atoms with Crippen LogP contribution >= 0.6 is 0 Å². The number of nitrogens with zero attached hydrogens (tertiary/aromatic N) is 1. The Kier molecular flexibility index (Phi) is 4.99. The van der Waals surface area contributed by atoms with Gasteiger partial charge in [-0.3, -0.25) is 5.32 Å². The lowest BCUT2D eigenvalue weighted by Crippen LogP contribution is -2.24. The van der Waals surface area contributed by atoms with Crippen LogP contribution in [-0.4, -0.2) is 20.3 Å². The van der Waals surface area contributed by atoms with Gasteiger partial charge in [-0.1, -0.05) is 0 Å². The molecule has 0 amide bonds. The van der Waals surface area contributed by atoms with E-state index < -0.39 is 0 Å². The largest absolute Gasteiger partial charge is 0.496 e. The van der Waals surface area contributed by atoms with Gasteiger partial charge in [0.15, 0.2) is 0 Å². The number of hydrogen-bond acceptors (Lipinski definition) is 4. The van der Waals surface area contributed by atoms with E-state index in [4.69, 9.17) is 14.7 Å². The van der Waals surface area contributed by atoms with Crippen molar-refractivity contribution in [3.63, 3.8) is 0 Å². The molecule has 98 valence electrons. The quantitative estimate of drug-likeness (QED) is 0.869. The molecule has 0 saturated carbocycles. The van der Waals surface area contributed by atoms with E-state index >= 15 is 0 Å². The second kappa shape index (κ2) is 6.27. The molecule has 4 nitrogen and oxygen atoms in total. The molecule has 1 unspecified atom stereocenters. The molecule has 0 spiro atoms. The number of nitriles is 1. The van der Waals surface area contributed by atoms with Gasteiger partial charge in [0.1, 0.15) is 11.5 Å². The van der Waals surface area contributed by atoms with Crippen LogP contribution in [0.2, 0.25) is 0 Å². The predicted molar refractivity (Wildman–Crippen MR) is 70.9 cm³/mol. The molecular weight excluding hydrogens is 228 g/mol. The summed E-state index contributed by atoms with van der Waals surface area (Å²) in [6.45, 7) is 6.42. The first kappa shape index (κ1) is 14.3. The van der Waals surface area contributed by atoms with E-state index in [1.54, 1.807) is 14.2 Å². The molecule has 0 aliphatic carbocycles. The summed E-state index contributed by atoms with van der Waals surface area (Å²) < 4.78 is 10.8. The lowest BCUT2D eigenvalue weighted by Gasteiger charge is -2.17. The van der Waals surface area contributed by atoms with Crippen molar-refractivity contribution in [1.82, 2.24) is 5.32 Å². The fourth-order valence-electron chi connectivity index (χ4n) is 1.86. The molecule has 0 heterocycles. The van der Waals surface area contributed by atoms with Gasteiger partial charge >= 0.3 is 0 Å². The summed E-state index contributed by atoms with van der Waals surface area (Å²) in [5.74, 6) is 1.70.